The number of hydrogen-bond donors (Lipinski definition) is 2. The summed E-state index contributed by atoms with van der Waals surface area (Å²) in [5.41, 5.74) is 3.12. The third-order valence-corrected chi connectivity index (χ3v) is 4.41. The van der Waals surface area contributed by atoms with Crippen molar-refractivity contribution in [3.63, 3.8) is 0 Å². The van der Waals surface area contributed by atoms with Gasteiger partial charge in [0.2, 0.25) is 0 Å². The van der Waals surface area contributed by atoms with Crippen molar-refractivity contribution >= 4 is 17.4 Å². The fourth-order valence-corrected chi connectivity index (χ4v) is 3.12. The summed E-state index contributed by atoms with van der Waals surface area (Å²) in [7, 11) is 0. The van der Waals surface area contributed by atoms with Gasteiger partial charge in [0.05, 0.1) is 6.04 Å². The summed E-state index contributed by atoms with van der Waals surface area (Å²) in [6, 6.07) is 17.5. The van der Waals surface area contributed by atoms with Crippen molar-refractivity contribution in [3.8, 4) is 0 Å². The molecule has 0 aliphatic carbocycles. The Bertz CT molecular complexity index is 745. The molecule has 0 bridgehead atoms. The first-order valence-electron chi connectivity index (χ1n) is 7.81. The lowest BCUT2D eigenvalue weighted by atomic mass is 10.0. The lowest BCUT2D eigenvalue weighted by Crippen LogP contribution is -2.38. The highest BCUT2D eigenvalue weighted by Crippen LogP contribution is 2.17. The highest BCUT2D eigenvalue weighted by atomic mass is 32.1. The van der Waals surface area contributed by atoms with Crippen molar-refractivity contribution in [2.45, 2.75) is 19.0 Å². The molecule has 122 valence electrons. The molecule has 1 aromatic carbocycles. The van der Waals surface area contributed by atoms with Crippen LogP contribution in [0.4, 0.5) is 4.79 Å². The second-order valence-corrected chi connectivity index (χ2v) is 6.23. The second-order valence-electron chi connectivity index (χ2n) is 5.45. The Kier molecular flexibility index (Phi) is 5.58. The van der Waals surface area contributed by atoms with Crippen LogP contribution in [0.5, 0.6) is 0 Å². The molecule has 2 amide bonds. The van der Waals surface area contributed by atoms with Gasteiger partial charge in [0.25, 0.3) is 0 Å². The van der Waals surface area contributed by atoms with E-state index in [1.807, 2.05) is 65.4 Å². The Morgan fingerprint density at radius 1 is 1.08 bits per heavy atom. The summed E-state index contributed by atoms with van der Waals surface area (Å²) in [4.78, 5) is 16.6. The molecule has 0 fully saturated rings. The zero-order chi connectivity index (χ0) is 16.6. The van der Waals surface area contributed by atoms with E-state index in [0.717, 1.165) is 16.8 Å². The summed E-state index contributed by atoms with van der Waals surface area (Å²) < 4.78 is 0. The number of hydrogen-bond acceptors (Lipinski definition) is 3. The first-order valence-corrected chi connectivity index (χ1v) is 8.76. The molecule has 1 atom stereocenters. The molecule has 3 rings (SSSR count). The van der Waals surface area contributed by atoms with Gasteiger partial charge in [0.1, 0.15) is 0 Å². The highest BCUT2D eigenvalue weighted by molar-refractivity contribution is 7.07. The smallest absolute Gasteiger partial charge is 0.315 e. The quantitative estimate of drug-likeness (QED) is 0.716. The molecular weight excluding hydrogens is 318 g/mol. The first kappa shape index (κ1) is 16.2. The van der Waals surface area contributed by atoms with E-state index in [1.54, 1.807) is 17.5 Å². The van der Waals surface area contributed by atoms with Crippen molar-refractivity contribution in [2.75, 3.05) is 0 Å². The minimum atomic E-state index is -0.175. The topological polar surface area (TPSA) is 54.0 Å². The maximum absolute atomic E-state index is 12.3. The number of aromatic nitrogens is 1. The zero-order valence-electron chi connectivity index (χ0n) is 13.2. The van der Waals surface area contributed by atoms with E-state index in [-0.39, 0.29) is 12.1 Å². The molecule has 2 aromatic heterocycles. The van der Waals surface area contributed by atoms with Gasteiger partial charge in [0.15, 0.2) is 0 Å². The Morgan fingerprint density at radius 2 is 1.92 bits per heavy atom. The van der Waals surface area contributed by atoms with Gasteiger partial charge in [0, 0.05) is 24.9 Å². The lowest BCUT2D eigenvalue weighted by Gasteiger charge is -2.19. The summed E-state index contributed by atoms with van der Waals surface area (Å²) in [6.45, 7) is 0.528. The molecule has 3 aromatic rings. The molecule has 0 spiro atoms. The normalized spacial score (nSPS) is 11.7. The lowest BCUT2D eigenvalue weighted by molar-refractivity contribution is 0.236. The van der Waals surface area contributed by atoms with E-state index < -0.39 is 0 Å². The van der Waals surface area contributed by atoms with Crippen LogP contribution in [0.25, 0.3) is 0 Å². The Morgan fingerprint density at radius 3 is 2.62 bits per heavy atom. The Hall–Kier alpha value is -2.66. The minimum Gasteiger partial charge on any atom is -0.334 e. The van der Waals surface area contributed by atoms with Crippen molar-refractivity contribution in [3.05, 3.63) is 88.4 Å². The van der Waals surface area contributed by atoms with Crippen LogP contribution < -0.4 is 10.6 Å². The van der Waals surface area contributed by atoms with Crippen LogP contribution in [-0.2, 0) is 13.0 Å². The van der Waals surface area contributed by atoms with E-state index in [1.165, 1.54) is 0 Å². The third kappa shape index (κ3) is 4.67. The summed E-state index contributed by atoms with van der Waals surface area (Å²) in [5, 5.41) is 10.00. The van der Waals surface area contributed by atoms with Gasteiger partial charge in [-0.25, -0.2) is 4.79 Å². The molecule has 5 heteroatoms. The fourth-order valence-electron chi connectivity index (χ4n) is 2.45. The second kappa shape index (κ2) is 8.26. The molecule has 0 aliphatic rings. The van der Waals surface area contributed by atoms with Crippen LogP contribution in [0.2, 0.25) is 0 Å². The molecule has 0 saturated heterocycles. The number of thiophene rings is 1. The number of nitrogens with one attached hydrogen (secondary N) is 2. The molecule has 24 heavy (non-hydrogen) atoms. The predicted molar refractivity (Wildman–Crippen MR) is 96.8 cm³/mol. The average Bonchev–Trinajstić information content (AvgIpc) is 3.15. The van der Waals surface area contributed by atoms with Gasteiger partial charge >= 0.3 is 6.03 Å². The third-order valence-electron chi connectivity index (χ3n) is 3.68. The maximum Gasteiger partial charge on any atom is 0.315 e. The number of pyridine rings is 1. The number of nitrogens with zero attached hydrogens (tertiary/aromatic N) is 1. The summed E-state index contributed by atoms with van der Waals surface area (Å²) in [6.07, 6.45) is 2.42. The maximum atomic E-state index is 12.3. The van der Waals surface area contributed by atoms with Gasteiger partial charge in [-0.15, -0.1) is 0 Å². The predicted octanol–water partition coefficient (Wildman–Crippen LogP) is 3.93. The summed E-state index contributed by atoms with van der Waals surface area (Å²) in [5.74, 6) is 0. The van der Waals surface area contributed by atoms with E-state index in [0.29, 0.717) is 13.0 Å². The minimum absolute atomic E-state index is 0.122. The molecule has 0 aliphatic heterocycles. The Labute approximate surface area is 145 Å². The number of amides is 2. The van der Waals surface area contributed by atoms with Crippen LogP contribution in [0.15, 0.2) is 71.6 Å². The molecule has 0 radical (unpaired) electrons. The molecule has 0 unspecified atom stereocenters. The number of carbonyl (C=O) groups excluding carboxylic acids is 1. The van der Waals surface area contributed by atoms with Crippen molar-refractivity contribution < 1.29 is 4.79 Å². The molecule has 2 N–H and O–H groups in total. The standard InChI is InChI=1S/C19H19N3OS/c23-19(21-13-15-9-11-24-14-15)22-18(16-6-2-1-3-7-16)12-17-8-4-5-10-20-17/h1-11,14,18H,12-13H2,(H2,21,22,23)/t18-/m0/s1. The van der Waals surface area contributed by atoms with Crippen molar-refractivity contribution in [1.29, 1.82) is 0 Å². The number of rotatable bonds is 6. The van der Waals surface area contributed by atoms with E-state index in [4.69, 9.17) is 0 Å². The zero-order valence-corrected chi connectivity index (χ0v) is 14.0. The molecule has 0 saturated carbocycles. The van der Waals surface area contributed by atoms with E-state index in [2.05, 4.69) is 15.6 Å². The summed E-state index contributed by atoms with van der Waals surface area (Å²) >= 11 is 1.62. The van der Waals surface area contributed by atoms with Gasteiger partial charge in [-0.05, 0) is 40.1 Å². The molecular formula is C19H19N3OS. The van der Waals surface area contributed by atoms with Crippen molar-refractivity contribution in [2.24, 2.45) is 0 Å². The van der Waals surface area contributed by atoms with Gasteiger partial charge in [-0.1, -0.05) is 36.4 Å². The number of urea groups is 1. The van der Waals surface area contributed by atoms with Crippen LogP contribution in [0.1, 0.15) is 22.9 Å². The van der Waals surface area contributed by atoms with Crippen LogP contribution in [0, 0.1) is 0 Å². The average molecular weight is 337 g/mol. The van der Waals surface area contributed by atoms with Crippen LogP contribution in [-0.4, -0.2) is 11.0 Å². The first-order chi connectivity index (χ1) is 11.8. The Balaban J connectivity index is 1.66. The van der Waals surface area contributed by atoms with Gasteiger partial charge in [-0.2, -0.15) is 11.3 Å². The highest BCUT2D eigenvalue weighted by Gasteiger charge is 2.15. The number of carbonyl (C=O) groups is 1. The number of benzene rings is 1. The van der Waals surface area contributed by atoms with Crippen LogP contribution in [0.3, 0.4) is 0 Å². The monoisotopic (exact) mass is 337 g/mol. The van der Waals surface area contributed by atoms with Gasteiger partial charge in [-0.3, -0.25) is 4.98 Å². The van der Waals surface area contributed by atoms with Crippen LogP contribution >= 0.6 is 11.3 Å². The largest absolute Gasteiger partial charge is 0.334 e. The molecule has 2 heterocycles. The van der Waals surface area contributed by atoms with Gasteiger partial charge < -0.3 is 10.6 Å². The van der Waals surface area contributed by atoms with E-state index in [9.17, 15) is 4.79 Å². The molecule has 4 nitrogen and oxygen atoms in total. The fraction of sp³-hybridized carbons (Fsp3) is 0.158. The SMILES string of the molecule is O=C(NCc1ccsc1)N[C@@H](Cc1ccccn1)c1ccccc1. The van der Waals surface area contributed by atoms with E-state index >= 15 is 0 Å². The van der Waals surface area contributed by atoms with Crippen molar-refractivity contribution in [1.82, 2.24) is 15.6 Å².